The molecule has 1 aromatic carbocycles. The van der Waals surface area contributed by atoms with E-state index in [2.05, 4.69) is 17.2 Å². The van der Waals surface area contributed by atoms with Crippen LogP contribution in [0.3, 0.4) is 0 Å². The van der Waals surface area contributed by atoms with Crippen LogP contribution in [0, 0.1) is 5.92 Å². The summed E-state index contributed by atoms with van der Waals surface area (Å²) in [4.78, 5) is 23.9. The number of anilines is 1. The van der Waals surface area contributed by atoms with Gasteiger partial charge in [0.15, 0.2) is 0 Å². The van der Waals surface area contributed by atoms with E-state index in [1.165, 1.54) is 16.4 Å². The van der Waals surface area contributed by atoms with Crippen LogP contribution in [0.15, 0.2) is 41.8 Å². The number of benzene rings is 1. The average molecular weight is 438 g/mol. The molecular weight excluding hydrogens is 410 g/mol. The first-order valence-electron chi connectivity index (χ1n) is 9.89. The summed E-state index contributed by atoms with van der Waals surface area (Å²) in [5.41, 5.74) is 0.515. The number of aliphatic hydroxyl groups excluding tert-OH is 1. The Balaban J connectivity index is 1.68. The van der Waals surface area contributed by atoms with E-state index in [-0.39, 0.29) is 35.8 Å². The number of amides is 2. The monoisotopic (exact) mass is 437 g/mol. The third-order valence-electron chi connectivity index (χ3n) is 5.43. The van der Waals surface area contributed by atoms with Crippen LogP contribution < -0.4 is 10.6 Å². The minimum absolute atomic E-state index is 0.0562. The molecule has 2 aliphatic heterocycles. The number of sulfonamides is 1. The van der Waals surface area contributed by atoms with Crippen LogP contribution in [0.2, 0.25) is 0 Å². The largest absolute Gasteiger partial charge is 0.395 e. The lowest BCUT2D eigenvalue weighted by Crippen LogP contribution is -2.39. The van der Waals surface area contributed by atoms with Crippen molar-refractivity contribution in [3.8, 4) is 0 Å². The molecule has 10 heteroatoms. The molecule has 2 fully saturated rings. The van der Waals surface area contributed by atoms with E-state index in [0.717, 1.165) is 6.08 Å². The third-order valence-corrected chi connectivity index (χ3v) is 7.36. The highest BCUT2D eigenvalue weighted by Crippen LogP contribution is 2.27. The highest BCUT2D eigenvalue weighted by Gasteiger charge is 2.40. The lowest BCUT2D eigenvalue weighted by molar-refractivity contribution is -0.122. The van der Waals surface area contributed by atoms with Crippen LogP contribution in [0.4, 0.5) is 5.69 Å². The van der Waals surface area contributed by atoms with E-state index in [0.29, 0.717) is 38.2 Å². The van der Waals surface area contributed by atoms with Gasteiger partial charge in [-0.2, -0.15) is 4.31 Å². The summed E-state index contributed by atoms with van der Waals surface area (Å²) in [7, 11) is -3.87. The van der Waals surface area contributed by atoms with Crippen LogP contribution in [0.1, 0.15) is 19.3 Å². The summed E-state index contributed by atoms with van der Waals surface area (Å²) < 4.78 is 32.6. The van der Waals surface area contributed by atoms with Gasteiger partial charge in [0.05, 0.1) is 17.5 Å². The molecule has 2 aliphatic rings. The van der Waals surface area contributed by atoms with Gasteiger partial charge in [0.2, 0.25) is 21.8 Å². The van der Waals surface area contributed by atoms with Gasteiger partial charge < -0.3 is 20.5 Å². The Morgan fingerprint density at radius 1 is 1.23 bits per heavy atom. The lowest BCUT2D eigenvalue weighted by Gasteiger charge is -2.23. The number of hydrogen-bond acceptors (Lipinski definition) is 6. The van der Waals surface area contributed by atoms with Crippen molar-refractivity contribution >= 4 is 27.5 Å². The standard InChI is InChI=1S/C20H27N3O6S/c1-2-19(25)21-16-11-17(13-24)23(12-16)30(27,28)18-5-3-15(4-6-18)22-20(26)14-7-9-29-10-8-14/h2-6,14,16-17,24H,1,7-13H2,(H,21,25)(H,22,26). The van der Waals surface area contributed by atoms with E-state index in [4.69, 9.17) is 4.74 Å². The van der Waals surface area contributed by atoms with E-state index < -0.39 is 22.1 Å². The van der Waals surface area contributed by atoms with Crippen molar-refractivity contribution in [2.75, 3.05) is 31.7 Å². The number of hydrogen-bond donors (Lipinski definition) is 3. The molecule has 9 nitrogen and oxygen atoms in total. The van der Waals surface area contributed by atoms with Crippen LogP contribution in [0.5, 0.6) is 0 Å². The maximum atomic E-state index is 13.1. The summed E-state index contributed by atoms with van der Waals surface area (Å²) in [5, 5.41) is 15.1. The molecule has 2 heterocycles. The van der Waals surface area contributed by atoms with Gasteiger partial charge >= 0.3 is 0 Å². The van der Waals surface area contributed by atoms with Gasteiger partial charge in [-0.1, -0.05) is 6.58 Å². The van der Waals surface area contributed by atoms with Crippen molar-refractivity contribution in [3.05, 3.63) is 36.9 Å². The molecular formula is C20H27N3O6S. The Morgan fingerprint density at radius 3 is 2.50 bits per heavy atom. The molecule has 0 radical (unpaired) electrons. The topological polar surface area (TPSA) is 125 Å². The van der Waals surface area contributed by atoms with E-state index in [1.54, 1.807) is 12.1 Å². The smallest absolute Gasteiger partial charge is 0.243 e. The zero-order valence-electron chi connectivity index (χ0n) is 16.6. The molecule has 0 saturated carbocycles. The summed E-state index contributed by atoms with van der Waals surface area (Å²) in [6.07, 6.45) is 2.77. The van der Waals surface area contributed by atoms with Crippen molar-refractivity contribution < 1.29 is 27.9 Å². The molecule has 0 spiro atoms. The second kappa shape index (κ2) is 9.69. The van der Waals surface area contributed by atoms with E-state index in [1.807, 2.05) is 0 Å². The number of carbonyl (C=O) groups excluding carboxylic acids is 2. The number of nitrogens with one attached hydrogen (secondary N) is 2. The first-order chi connectivity index (χ1) is 14.3. The fraction of sp³-hybridized carbons (Fsp3) is 0.500. The molecule has 0 bridgehead atoms. The molecule has 164 valence electrons. The Bertz CT molecular complexity index is 880. The van der Waals surface area contributed by atoms with Gasteiger partial charge in [0.25, 0.3) is 0 Å². The van der Waals surface area contributed by atoms with Crippen LogP contribution in [0.25, 0.3) is 0 Å². The van der Waals surface area contributed by atoms with Crippen LogP contribution >= 0.6 is 0 Å². The molecule has 1 aromatic rings. The maximum Gasteiger partial charge on any atom is 0.243 e. The highest BCUT2D eigenvalue weighted by atomic mass is 32.2. The zero-order chi connectivity index (χ0) is 21.7. The Labute approximate surface area is 176 Å². The second-order valence-corrected chi connectivity index (χ2v) is 9.35. The van der Waals surface area contributed by atoms with Gasteiger partial charge in [0.1, 0.15) is 0 Å². The molecule has 2 unspecified atom stereocenters. The lowest BCUT2D eigenvalue weighted by atomic mass is 9.99. The quantitative estimate of drug-likeness (QED) is 0.533. The summed E-state index contributed by atoms with van der Waals surface area (Å²) in [6.45, 7) is 4.22. The van der Waals surface area contributed by atoms with Crippen molar-refractivity contribution in [2.24, 2.45) is 5.92 Å². The van der Waals surface area contributed by atoms with Crippen LogP contribution in [-0.4, -0.2) is 68.1 Å². The highest BCUT2D eigenvalue weighted by molar-refractivity contribution is 7.89. The number of nitrogens with zero attached hydrogens (tertiary/aromatic N) is 1. The summed E-state index contributed by atoms with van der Waals surface area (Å²) in [6, 6.07) is 4.92. The number of carbonyl (C=O) groups is 2. The third kappa shape index (κ3) is 5.07. The summed E-state index contributed by atoms with van der Waals surface area (Å²) in [5.74, 6) is -0.602. The molecule has 2 saturated heterocycles. The Kier molecular flexibility index (Phi) is 7.24. The molecule has 0 aliphatic carbocycles. The molecule has 2 amide bonds. The Hall–Kier alpha value is -2.27. The van der Waals surface area contributed by atoms with Crippen LogP contribution in [-0.2, 0) is 24.3 Å². The SMILES string of the molecule is C=CC(=O)NC1CC(CO)N(S(=O)(=O)c2ccc(NC(=O)C3CCOCC3)cc2)C1. The maximum absolute atomic E-state index is 13.1. The predicted molar refractivity (Wildman–Crippen MR) is 110 cm³/mol. The first-order valence-corrected chi connectivity index (χ1v) is 11.3. The molecule has 30 heavy (non-hydrogen) atoms. The molecule has 2 atom stereocenters. The normalized spacial score (nSPS) is 23.1. The minimum atomic E-state index is -3.87. The van der Waals surface area contributed by atoms with Gasteiger partial charge in [0, 0.05) is 37.4 Å². The number of aliphatic hydroxyl groups is 1. The summed E-state index contributed by atoms with van der Waals surface area (Å²) >= 11 is 0. The first kappa shape index (κ1) is 22.4. The van der Waals surface area contributed by atoms with E-state index in [9.17, 15) is 23.1 Å². The van der Waals surface area contributed by atoms with Crippen molar-refractivity contribution in [1.29, 1.82) is 0 Å². The van der Waals surface area contributed by atoms with Gasteiger partial charge in [-0.05, 0) is 49.6 Å². The Morgan fingerprint density at radius 2 is 1.90 bits per heavy atom. The van der Waals surface area contributed by atoms with E-state index >= 15 is 0 Å². The molecule has 3 rings (SSSR count). The van der Waals surface area contributed by atoms with Gasteiger partial charge in [-0.3, -0.25) is 9.59 Å². The fourth-order valence-corrected chi connectivity index (χ4v) is 5.43. The predicted octanol–water partition coefficient (Wildman–Crippen LogP) is 0.478. The van der Waals surface area contributed by atoms with Crippen molar-refractivity contribution in [2.45, 2.75) is 36.2 Å². The molecule has 3 N–H and O–H groups in total. The van der Waals surface area contributed by atoms with Crippen molar-refractivity contribution in [3.63, 3.8) is 0 Å². The number of ether oxygens (including phenoxy) is 1. The fourth-order valence-electron chi connectivity index (χ4n) is 3.76. The number of rotatable bonds is 7. The second-order valence-electron chi connectivity index (χ2n) is 7.46. The van der Waals surface area contributed by atoms with Gasteiger partial charge in [-0.15, -0.1) is 0 Å². The minimum Gasteiger partial charge on any atom is -0.395 e. The zero-order valence-corrected chi connectivity index (χ0v) is 17.4. The van der Waals surface area contributed by atoms with Gasteiger partial charge in [-0.25, -0.2) is 8.42 Å². The average Bonchev–Trinajstić information content (AvgIpc) is 3.18. The van der Waals surface area contributed by atoms with Crippen molar-refractivity contribution in [1.82, 2.24) is 9.62 Å². The molecule has 0 aromatic heterocycles.